The molecule has 0 aliphatic heterocycles. The van der Waals surface area contributed by atoms with Crippen molar-refractivity contribution >= 4 is 5.69 Å². The highest BCUT2D eigenvalue weighted by Gasteiger charge is 2.21. The summed E-state index contributed by atoms with van der Waals surface area (Å²) in [7, 11) is 1.89. The van der Waals surface area contributed by atoms with E-state index in [1.807, 2.05) is 38.2 Å². The van der Waals surface area contributed by atoms with Gasteiger partial charge in [0.05, 0.1) is 11.5 Å². The average Bonchev–Trinajstić information content (AvgIpc) is 3.20. The van der Waals surface area contributed by atoms with Crippen molar-refractivity contribution in [3.8, 4) is 11.5 Å². The van der Waals surface area contributed by atoms with E-state index in [0.717, 1.165) is 11.1 Å². The summed E-state index contributed by atoms with van der Waals surface area (Å²) in [4.78, 5) is 15.2. The first-order valence-corrected chi connectivity index (χ1v) is 8.66. The standard InChI is InChI=1S/C18H22N6O3/c1-11(19-4)9-16-20-18(27-22-16)15-7-5-14(6-8-15)10-23-13(3)17(24(25)26)12(2)21-23/h5-8,11,19H,9-10H2,1-4H3. The number of aromatic nitrogens is 4. The van der Waals surface area contributed by atoms with Gasteiger partial charge < -0.3 is 9.84 Å². The van der Waals surface area contributed by atoms with Crippen LogP contribution in [0.1, 0.15) is 29.7 Å². The van der Waals surface area contributed by atoms with Gasteiger partial charge in [0.1, 0.15) is 11.4 Å². The van der Waals surface area contributed by atoms with E-state index in [-0.39, 0.29) is 16.7 Å². The Morgan fingerprint density at radius 2 is 2.00 bits per heavy atom. The van der Waals surface area contributed by atoms with Crippen LogP contribution in [0.4, 0.5) is 5.69 Å². The van der Waals surface area contributed by atoms with Gasteiger partial charge in [0, 0.05) is 18.0 Å². The van der Waals surface area contributed by atoms with Gasteiger partial charge in [-0.3, -0.25) is 14.8 Å². The van der Waals surface area contributed by atoms with Crippen molar-refractivity contribution in [3.63, 3.8) is 0 Å². The highest BCUT2D eigenvalue weighted by molar-refractivity contribution is 5.53. The molecule has 1 N–H and O–H groups in total. The van der Waals surface area contributed by atoms with Crippen LogP contribution >= 0.6 is 0 Å². The zero-order valence-electron chi connectivity index (χ0n) is 15.8. The van der Waals surface area contributed by atoms with Gasteiger partial charge in [-0.1, -0.05) is 17.3 Å². The predicted octanol–water partition coefficient (Wildman–Crippen LogP) is 2.66. The monoisotopic (exact) mass is 370 g/mol. The number of nitro groups is 1. The van der Waals surface area contributed by atoms with Gasteiger partial charge in [-0.05, 0) is 45.5 Å². The van der Waals surface area contributed by atoms with E-state index in [1.165, 1.54) is 0 Å². The highest BCUT2D eigenvalue weighted by Crippen LogP contribution is 2.23. The molecule has 1 atom stereocenters. The van der Waals surface area contributed by atoms with Crippen LogP contribution in [0.2, 0.25) is 0 Å². The lowest BCUT2D eigenvalue weighted by molar-refractivity contribution is -0.386. The Bertz CT molecular complexity index is 945. The van der Waals surface area contributed by atoms with Crippen LogP contribution in [0, 0.1) is 24.0 Å². The van der Waals surface area contributed by atoms with E-state index < -0.39 is 0 Å². The van der Waals surface area contributed by atoms with E-state index in [0.29, 0.717) is 36.1 Å². The first-order chi connectivity index (χ1) is 12.9. The normalized spacial score (nSPS) is 12.3. The maximum absolute atomic E-state index is 11.1. The second-order valence-corrected chi connectivity index (χ2v) is 6.54. The Morgan fingerprint density at radius 3 is 2.59 bits per heavy atom. The number of benzene rings is 1. The number of nitrogens with one attached hydrogen (secondary N) is 1. The van der Waals surface area contributed by atoms with Crippen LogP contribution in [0.3, 0.4) is 0 Å². The van der Waals surface area contributed by atoms with Gasteiger partial charge in [0.25, 0.3) is 5.89 Å². The molecule has 0 aliphatic carbocycles. The minimum Gasteiger partial charge on any atom is -0.334 e. The third-order valence-corrected chi connectivity index (χ3v) is 4.51. The fourth-order valence-corrected chi connectivity index (χ4v) is 2.86. The molecular formula is C18H22N6O3. The van der Waals surface area contributed by atoms with Crippen molar-refractivity contribution < 1.29 is 9.45 Å². The summed E-state index contributed by atoms with van der Waals surface area (Å²) >= 11 is 0. The van der Waals surface area contributed by atoms with Crippen LogP contribution in [0.15, 0.2) is 28.8 Å². The summed E-state index contributed by atoms with van der Waals surface area (Å²) in [6, 6.07) is 7.92. The average molecular weight is 370 g/mol. The van der Waals surface area contributed by atoms with E-state index in [1.54, 1.807) is 18.5 Å². The van der Waals surface area contributed by atoms with Gasteiger partial charge in [-0.25, -0.2) is 0 Å². The summed E-state index contributed by atoms with van der Waals surface area (Å²) in [6.07, 6.45) is 0.689. The molecule has 1 aromatic carbocycles. The van der Waals surface area contributed by atoms with Crippen molar-refractivity contribution in [3.05, 3.63) is 57.2 Å². The van der Waals surface area contributed by atoms with Crippen molar-refractivity contribution in [2.75, 3.05) is 7.05 Å². The quantitative estimate of drug-likeness (QED) is 0.502. The summed E-state index contributed by atoms with van der Waals surface area (Å²) in [5, 5.41) is 22.5. The highest BCUT2D eigenvalue weighted by atomic mass is 16.6. The maximum Gasteiger partial charge on any atom is 0.312 e. The first-order valence-electron chi connectivity index (χ1n) is 8.66. The Labute approximate surface area is 156 Å². The molecular weight excluding hydrogens is 348 g/mol. The smallest absolute Gasteiger partial charge is 0.312 e. The molecule has 2 aromatic heterocycles. The van der Waals surface area contributed by atoms with Crippen LogP contribution in [0.25, 0.3) is 11.5 Å². The van der Waals surface area contributed by atoms with Crippen LogP contribution < -0.4 is 5.32 Å². The molecule has 1 unspecified atom stereocenters. The molecule has 0 amide bonds. The molecule has 0 aliphatic rings. The molecule has 3 aromatic rings. The minimum absolute atomic E-state index is 0.0702. The Hall–Kier alpha value is -3.07. The molecule has 9 heteroatoms. The molecule has 0 bridgehead atoms. The molecule has 27 heavy (non-hydrogen) atoms. The van der Waals surface area contributed by atoms with Crippen LogP contribution in [0.5, 0.6) is 0 Å². The van der Waals surface area contributed by atoms with Crippen molar-refractivity contribution in [1.82, 2.24) is 25.2 Å². The second-order valence-electron chi connectivity index (χ2n) is 6.54. The van der Waals surface area contributed by atoms with Crippen LogP contribution in [-0.4, -0.2) is 37.9 Å². The Balaban J connectivity index is 1.75. The van der Waals surface area contributed by atoms with E-state index in [2.05, 4.69) is 20.6 Å². The first kappa shape index (κ1) is 18.7. The number of rotatable bonds is 7. The van der Waals surface area contributed by atoms with Gasteiger partial charge in [0.2, 0.25) is 0 Å². The lowest BCUT2D eigenvalue weighted by Gasteiger charge is -2.05. The van der Waals surface area contributed by atoms with Gasteiger partial charge >= 0.3 is 5.69 Å². The SMILES string of the molecule is CNC(C)Cc1noc(-c2ccc(Cn3nc(C)c([N+](=O)[O-])c3C)cc2)n1. The molecule has 142 valence electrons. The van der Waals surface area contributed by atoms with E-state index in [9.17, 15) is 10.1 Å². The lowest BCUT2D eigenvalue weighted by atomic mass is 10.1. The van der Waals surface area contributed by atoms with E-state index >= 15 is 0 Å². The Morgan fingerprint density at radius 1 is 1.30 bits per heavy atom. The molecule has 0 saturated carbocycles. The second kappa shape index (κ2) is 7.67. The van der Waals surface area contributed by atoms with Crippen molar-refractivity contribution in [2.45, 2.75) is 39.8 Å². The van der Waals surface area contributed by atoms with Gasteiger partial charge in [-0.15, -0.1) is 0 Å². The molecule has 2 heterocycles. The number of hydrogen-bond donors (Lipinski definition) is 1. The third-order valence-electron chi connectivity index (χ3n) is 4.51. The fourth-order valence-electron chi connectivity index (χ4n) is 2.86. The fraction of sp³-hybridized carbons (Fsp3) is 0.389. The summed E-state index contributed by atoms with van der Waals surface area (Å²) in [6.45, 7) is 5.86. The molecule has 0 radical (unpaired) electrons. The maximum atomic E-state index is 11.1. The summed E-state index contributed by atoms with van der Waals surface area (Å²) < 4.78 is 6.98. The summed E-state index contributed by atoms with van der Waals surface area (Å²) in [5.41, 5.74) is 2.84. The number of nitrogens with zero attached hydrogens (tertiary/aromatic N) is 5. The van der Waals surface area contributed by atoms with Crippen LogP contribution in [-0.2, 0) is 13.0 Å². The minimum atomic E-state index is -0.390. The molecule has 0 fully saturated rings. The number of hydrogen-bond acceptors (Lipinski definition) is 7. The zero-order chi connectivity index (χ0) is 19.6. The topological polar surface area (TPSA) is 112 Å². The van der Waals surface area contributed by atoms with Crippen molar-refractivity contribution in [2.24, 2.45) is 0 Å². The molecule has 0 saturated heterocycles. The number of aryl methyl sites for hydroxylation is 1. The lowest BCUT2D eigenvalue weighted by Crippen LogP contribution is -2.24. The summed E-state index contributed by atoms with van der Waals surface area (Å²) in [5.74, 6) is 1.13. The van der Waals surface area contributed by atoms with Gasteiger partial charge in [0.15, 0.2) is 5.82 Å². The van der Waals surface area contributed by atoms with Crippen molar-refractivity contribution in [1.29, 1.82) is 0 Å². The van der Waals surface area contributed by atoms with Gasteiger partial charge in [-0.2, -0.15) is 10.1 Å². The molecule has 9 nitrogen and oxygen atoms in total. The molecule has 3 rings (SSSR count). The Kier molecular flexibility index (Phi) is 5.31. The van der Waals surface area contributed by atoms with E-state index in [4.69, 9.17) is 4.52 Å². The zero-order valence-corrected chi connectivity index (χ0v) is 15.8. The molecule has 0 spiro atoms. The predicted molar refractivity (Wildman–Crippen MR) is 99.4 cm³/mol. The number of likely N-dealkylation sites (N-methyl/N-ethyl adjacent to an activating group) is 1. The largest absolute Gasteiger partial charge is 0.334 e. The third kappa shape index (κ3) is 4.03.